The first-order chi connectivity index (χ1) is 8.67. The van der Waals surface area contributed by atoms with E-state index in [0.717, 1.165) is 5.56 Å². The number of halogens is 1. The van der Waals surface area contributed by atoms with Crippen molar-refractivity contribution in [3.8, 4) is 16.9 Å². The normalized spacial score (nSPS) is 10.6. The lowest BCUT2D eigenvalue weighted by Gasteiger charge is -2.11. The van der Waals surface area contributed by atoms with Crippen LogP contribution >= 0.6 is 0 Å². The molecule has 0 bridgehead atoms. The van der Waals surface area contributed by atoms with Gasteiger partial charge in [-0.1, -0.05) is 0 Å². The number of anilines is 1. The average molecular weight is 251 g/mol. The minimum absolute atomic E-state index is 0.322. The van der Waals surface area contributed by atoms with Gasteiger partial charge in [-0.25, -0.2) is 4.39 Å². The first kappa shape index (κ1) is 12.4. The van der Waals surface area contributed by atoms with Crippen molar-refractivity contribution in [2.75, 3.05) is 20.0 Å². The van der Waals surface area contributed by atoms with E-state index in [4.69, 9.17) is 15.2 Å². The molecule has 0 amide bonds. The standard InChI is InChI=1S/C12H14FN3O2/c1-17-6-7-3-8(9-5-15-16-12(9)14)10(13)4-11(7)18-2/h3-5H,6H2,1-2H3,(H3,14,15,16). The van der Waals surface area contributed by atoms with Crippen molar-refractivity contribution in [3.05, 3.63) is 29.7 Å². The second-order valence-electron chi connectivity index (χ2n) is 3.77. The molecule has 18 heavy (non-hydrogen) atoms. The number of nitrogens with two attached hydrogens (primary N) is 1. The van der Waals surface area contributed by atoms with Crippen LogP contribution in [0.4, 0.5) is 10.2 Å². The number of rotatable bonds is 4. The summed E-state index contributed by atoms with van der Waals surface area (Å²) >= 11 is 0. The Labute approximate surface area is 104 Å². The van der Waals surface area contributed by atoms with Crippen LogP contribution in [0.3, 0.4) is 0 Å². The van der Waals surface area contributed by atoms with Crippen LogP contribution in [-0.4, -0.2) is 24.4 Å². The number of hydrogen-bond donors (Lipinski definition) is 2. The molecule has 1 aromatic heterocycles. The Morgan fingerprint density at radius 3 is 2.67 bits per heavy atom. The van der Waals surface area contributed by atoms with Gasteiger partial charge in [0.05, 0.1) is 19.9 Å². The summed E-state index contributed by atoms with van der Waals surface area (Å²) in [5.41, 5.74) is 7.33. The van der Waals surface area contributed by atoms with Gasteiger partial charge in [0.2, 0.25) is 0 Å². The molecule has 1 heterocycles. The zero-order valence-corrected chi connectivity index (χ0v) is 10.2. The van der Waals surface area contributed by atoms with E-state index >= 15 is 0 Å². The lowest BCUT2D eigenvalue weighted by Crippen LogP contribution is -1.98. The van der Waals surface area contributed by atoms with Gasteiger partial charge in [0.1, 0.15) is 17.4 Å². The van der Waals surface area contributed by atoms with Crippen molar-refractivity contribution >= 4 is 5.82 Å². The van der Waals surface area contributed by atoms with Crippen LogP contribution < -0.4 is 10.5 Å². The molecule has 0 atom stereocenters. The molecule has 0 spiro atoms. The molecule has 0 radical (unpaired) electrons. The van der Waals surface area contributed by atoms with Gasteiger partial charge < -0.3 is 15.2 Å². The molecule has 1 aromatic carbocycles. The van der Waals surface area contributed by atoms with Crippen LogP contribution in [0.25, 0.3) is 11.1 Å². The zero-order chi connectivity index (χ0) is 13.1. The van der Waals surface area contributed by atoms with E-state index in [9.17, 15) is 4.39 Å². The molecule has 0 fully saturated rings. The maximum absolute atomic E-state index is 14.0. The fourth-order valence-corrected chi connectivity index (χ4v) is 1.78. The predicted octanol–water partition coefficient (Wildman–Crippen LogP) is 1.95. The maximum atomic E-state index is 14.0. The fraction of sp³-hybridized carbons (Fsp3) is 0.250. The number of ether oxygens (including phenoxy) is 2. The minimum atomic E-state index is -0.417. The highest BCUT2D eigenvalue weighted by molar-refractivity contribution is 5.74. The Bertz CT molecular complexity index is 554. The predicted molar refractivity (Wildman–Crippen MR) is 65.7 cm³/mol. The Kier molecular flexibility index (Phi) is 3.47. The number of methoxy groups -OCH3 is 2. The summed E-state index contributed by atoms with van der Waals surface area (Å²) in [7, 11) is 3.05. The number of nitrogen functional groups attached to an aromatic ring is 1. The molecule has 0 aliphatic heterocycles. The Morgan fingerprint density at radius 1 is 1.33 bits per heavy atom. The fourth-order valence-electron chi connectivity index (χ4n) is 1.78. The van der Waals surface area contributed by atoms with Gasteiger partial charge in [0.15, 0.2) is 0 Å². The third kappa shape index (κ3) is 2.14. The van der Waals surface area contributed by atoms with E-state index in [1.165, 1.54) is 19.4 Å². The molecule has 96 valence electrons. The van der Waals surface area contributed by atoms with Crippen LogP contribution in [-0.2, 0) is 11.3 Å². The molecule has 6 heteroatoms. The summed E-state index contributed by atoms with van der Waals surface area (Å²) < 4.78 is 24.1. The van der Waals surface area contributed by atoms with E-state index in [1.54, 1.807) is 13.2 Å². The highest BCUT2D eigenvalue weighted by atomic mass is 19.1. The highest BCUT2D eigenvalue weighted by Gasteiger charge is 2.15. The lowest BCUT2D eigenvalue weighted by molar-refractivity contribution is 0.181. The van der Waals surface area contributed by atoms with Gasteiger partial charge in [0, 0.05) is 29.9 Å². The van der Waals surface area contributed by atoms with Crippen molar-refractivity contribution < 1.29 is 13.9 Å². The van der Waals surface area contributed by atoms with E-state index in [0.29, 0.717) is 29.3 Å². The largest absolute Gasteiger partial charge is 0.496 e. The number of benzene rings is 1. The number of aromatic nitrogens is 2. The Balaban J connectivity index is 2.55. The SMILES string of the molecule is COCc1cc(-c2cn[nH]c2N)c(F)cc1OC. The lowest BCUT2D eigenvalue weighted by atomic mass is 10.0. The van der Waals surface area contributed by atoms with Crippen molar-refractivity contribution in [3.63, 3.8) is 0 Å². The number of nitrogens with zero attached hydrogens (tertiary/aromatic N) is 1. The molecule has 0 aliphatic carbocycles. The first-order valence-electron chi connectivity index (χ1n) is 5.32. The van der Waals surface area contributed by atoms with Gasteiger partial charge >= 0.3 is 0 Å². The van der Waals surface area contributed by atoms with E-state index in [-0.39, 0.29) is 0 Å². The minimum Gasteiger partial charge on any atom is -0.496 e. The second-order valence-corrected chi connectivity index (χ2v) is 3.77. The Hall–Kier alpha value is -2.08. The number of hydrogen-bond acceptors (Lipinski definition) is 4. The molecule has 0 unspecified atom stereocenters. The summed E-state index contributed by atoms with van der Waals surface area (Å²) in [6, 6.07) is 2.97. The van der Waals surface area contributed by atoms with Gasteiger partial charge in [-0.3, -0.25) is 5.10 Å². The third-order valence-corrected chi connectivity index (χ3v) is 2.63. The maximum Gasteiger partial charge on any atom is 0.134 e. The van der Waals surface area contributed by atoms with Crippen LogP contribution in [0.2, 0.25) is 0 Å². The second kappa shape index (κ2) is 5.05. The van der Waals surface area contributed by atoms with Crippen molar-refractivity contribution in [1.29, 1.82) is 0 Å². The van der Waals surface area contributed by atoms with Gasteiger partial charge in [-0.15, -0.1) is 0 Å². The molecular formula is C12H14FN3O2. The molecule has 5 nitrogen and oxygen atoms in total. The van der Waals surface area contributed by atoms with Crippen molar-refractivity contribution in [2.24, 2.45) is 0 Å². The monoisotopic (exact) mass is 251 g/mol. The summed E-state index contributed by atoms with van der Waals surface area (Å²) in [6.45, 7) is 0.328. The molecular weight excluding hydrogens is 237 g/mol. The van der Waals surface area contributed by atoms with Crippen molar-refractivity contribution in [1.82, 2.24) is 10.2 Å². The summed E-state index contributed by atoms with van der Waals surface area (Å²) in [4.78, 5) is 0. The number of aromatic amines is 1. The van der Waals surface area contributed by atoms with Gasteiger partial charge in [-0.05, 0) is 6.07 Å². The molecule has 3 N–H and O–H groups in total. The van der Waals surface area contributed by atoms with E-state index in [2.05, 4.69) is 10.2 Å². The topological polar surface area (TPSA) is 73.2 Å². The van der Waals surface area contributed by atoms with Gasteiger partial charge in [0.25, 0.3) is 0 Å². The molecule has 0 aliphatic rings. The van der Waals surface area contributed by atoms with Crippen LogP contribution in [0, 0.1) is 5.82 Å². The summed E-state index contributed by atoms with van der Waals surface area (Å²) in [6.07, 6.45) is 1.48. The summed E-state index contributed by atoms with van der Waals surface area (Å²) in [5.74, 6) is 0.349. The number of nitrogens with one attached hydrogen (secondary N) is 1. The number of H-pyrrole nitrogens is 1. The van der Waals surface area contributed by atoms with Crippen LogP contribution in [0.1, 0.15) is 5.56 Å². The van der Waals surface area contributed by atoms with Gasteiger partial charge in [-0.2, -0.15) is 5.10 Å². The zero-order valence-electron chi connectivity index (χ0n) is 10.2. The molecule has 0 saturated heterocycles. The van der Waals surface area contributed by atoms with Crippen LogP contribution in [0.5, 0.6) is 5.75 Å². The highest BCUT2D eigenvalue weighted by Crippen LogP contribution is 2.32. The summed E-state index contributed by atoms with van der Waals surface area (Å²) in [5, 5.41) is 6.35. The quantitative estimate of drug-likeness (QED) is 0.871. The average Bonchev–Trinajstić information content (AvgIpc) is 2.77. The smallest absolute Gasteiger partial charge is 0.134 e. The molecule has 2 aromatic rings. The van der Waals surface area contributed by atoms with Crippen LogP contribution in [0.15, 0.2) is 18.3 Å². The van der Waals surface area contributed by atoms with E-state index in [1.807, 2.05) is 0 Å². The first-order valence-corrected chi connectivity index (χ1v) is 5.32. The Morgan fingerprint density at radius 2 is 2.11 bits per heavy atom. The third-order valence-electron chi connectivity index (χ3n) is 2.63. The molecule has 0 saturated carbocycles. The van der Waals surface area contributed by atoms with E-state index < -0.39 is 5.82 Å². The molecule has 2 rings (SSSR count). The van der Waals surface area contributed by atoms with Crippen molar-refractivity contribution in [2.45, 2.75) is 6.61 Å².